The maximum atomic E-state index is 8.92. The highest BCUT2D eigenvalue weighted by Crippen LogP contribution is 2.34. The van der Waals surface area contributed by atoms with Crippen LogP contribution in [0.1, 0.15) is 215 Å². The Morgan fingerprint density at radius 1 is 0.289 bits per heavy atom. The van der Waals surface area contributed by atoms with Crippen molar-refractivity contribution in [2.24, 2.45) is 60.7 Å². The highest BCUT2D eigenvalue weighted by molar-refractivity contribution is 5.65. The molecule has 0 N–H and O–H groups in total. The molecule has 0 radical (unpaired) electrons. The zero-order valence-corrected chi connectivity index (χ0v) is 61.6. The Morgan fingerprint density at radius 2 is 0.600 bits per heavy atom. The third-order valence-corrected chi connectivity index (χ3v) is 15.5. The lowest BCUT2D eigenvalue weighted by atomic mass is 9.81. The molecule has 4 aromatic heterocycles. The molecule has 4 nitrogen and oxygen atoms in total. The van der Waals surface area contributed by atoms with E-state index in [9.17, 15) is 0 Å². The second-order valence-corrected chi connectivity index (χ2v) is 32.6. The number of hydrogen-bond acceptors (Lipinski definition) is 0. The van der Waals surface area contributed by atoms with Crippen LogP contribution >= 0.6 is 0 Å². The molecular weight excluding hydrogens is 1090 g/mol. The van der Waals surface area contributed by atoms with Crippen LogP contribution in [-0.4, -0.2) is 0 Å². The number of hydrogen-bond donors (Lipinski definition) is 0. The van der Waals surface area contributed by atoms with Crippen LogP contribution < -0.4 is 18.3 Å². The Balaban J connectivity index is 0.000000239. The van der Waals surface area contributed by atoms with Crippen molar-refractivity contribution in [3.63, 3.8) is 0 Å². The molecule has 4 heterocycles. The average molecular weight is 1220 g/mol. The highest BCUT2D eigenvalue weighted by atomic mass is 14.9. The van der Waals surface area contributed by atoms with E-state index < -0.39 is 42.2 Å². The summed E-state index contributed by atoms with van der Waals surface area (Å²) in [5.41, 5.74) is 22.6. The summed E-state index contributed by atoms with van der Waals surface area (Å²) in [6.07, 6.45) is 6.77. The van der Waals surface area contributed by atoms with E-state index in [2.05, 4.69) is 180 Å². The summed E-state index contributed by atoms with van der Waals surface area (Å²) in [5, 5.41) is 0. The molecule has 0 atom stereocenters. The predicted octanol–water partition coefficient (Wildman–Crippen LogP) is 20.7. The van der Waals surface area contributed by atoms with Gasteiger partial charge >= 0.3 is 0 Å². The molecule has 0 fully saturated rings. The van der Waals surface area contributed by atoms with Crippen molar-refractivity contribution in [1.82, 2.24) is 0 Å². The van der Waals surface area contributed by atoms with Gasteiger partial charge in [-0.15, -0.1) is 0 Å². The summed E-state index contributed by atoms with van der Waals surface area (Å²) in [5.74, 6) is 0. The van der Waals surface area contributed by atoms with Gasteiger partial charge in [0, 0.05) is 81.1 Å². The van der Waals surface area contributed by atoms with Crippen LogP contribution in [0.25, 0.3) is 45.0 Å². The maximum Gasteiger partial charge on any atom is 0.212 e. The van der Waals surface area contributed by atoms with Crippen molar-refractivity contribution in [2.45, 2.75) is 218 Å². The van der Waals surface area contributed by atoms with Gasteiger partial charge in [-0.25, -0.2) is 18.3 Å². The molecule has 8 rings (SSSR count). The van der Waals surface area contributed by atoms with Crippen molar-refractivity contribution >= 4 is 0 Å². The number of benzene rings is 4. The van der Waals surface area contributed by atoms with E-state index in [1.165, 1.54) is 61.5 Å². The molecule has 0 aliphatic carbocycles. The van der Waals surface area contributed by atoms with Gasteiger partial charge in [0.05, 0.1) is 0 Å². The number of nitrogens with zero attached hydrogens (tertiary/aromatic N) is 4. The quantitative estimate of drug-likeness (QED) is 0.121. The third-order valence-electron chi connectivity index (χ3n) is 15.5. The molecule has 0 saturated carbocycles. The van der Waals surface area contributed by atoms with E-state index in [1.807, 2.05) is 155 Å². The van der Waals surface area contributed by atoms with Crippen LogP contribution in [0, 0.1) is 87.8 Å². The van der Waals surface area contributed by atoms with Crippen molar-refractivity contribution < 1.29 is 30.6 Å². The molecule has 0 aliphatic rings. The number of aromatic nitrogens is 4. The van der Waals surface area contributed by atoms with Gasteiger partial charge < -0.3 is 0 Å². The van der Waals surface area contributed by atoms with Crippen LogP contribution in [0.4, 0.5) is 0 Å². The standard InChI is InChI=1S/2C23H34N.2C20H28N/c2*1-17-11-9-10-12-20(17)21-13-18(14-22(2,3)4)19(16-24(21)8)15-23(5,6)7;2*1-14-8-9-18(16(3)10-14)19-11-15(2)17(13-21(19)7)12-20(4,5)6/h2*9-13,16H,14-15H2,1-8H3;2*8-11,13H,12H2,1-7H3/q4*+1/i14D2,15D2;;1D3,12D2;. The lowest BCUT2D eigenvalue weighted by Crippen LogP contribution is -2.33. The third kappa shape index (κ3) is 23.0. The summed E-state index contributed by atoms with van der Waals surface area (Å²) in [6, 6.07) is 37.2. The zero-order valence-electron chi connectivity index (χ0n) is 70.6. The summed E-state index contributed by atoms with van der Waals surface area (Å²) in [6.45, 7) is 50.2. The van der Waals surface area contributed by atoms with Gasteiger partial charge in [0.2, 0.25) is 22.8 Å². The van der Waals surface area contributed by atoms with E-state index in [4.69, 9.17) is 12.3 Å². The van der Waals surface area contributed by atoms with Gasteiger partial charge in [-0.1, -0.05) is 196 Å². The number of rotatable bonds is 10. The van der Waals surface area contributed by atoms with Gasteiger partial charge in [-0.05, 0) is 195 Å². The lowest BCUT2D eigenvalue weighted by Gasteiger charge is -2.24. The molecule has 0 aliphatic heterocycles. The molecule has 8 aromatic rings. The number of pyridine rings is 4. The fourth-order valence-electron chi connectivity index (χ4n) is 11.6. The summed E-state index contributed by atoms with van der Waals surface area (Å²) in [7, 11) is 8.13. The average Bonchev–Trinajstić information content (AvgIpc) is 0.665. The van der Waals surface area contributed by atoms with Gasteiger partial charge in [-0.2, -0.15) is 0 Å². The van der Waals surface area contributed by atoms with Crippen molar-refractivity contribution in [3.05, 3.63) is 212 Å². The topological polar surface area (TPSA) is 15.5 Å². The molecule has 484 valence electrons. The van der Waals surface area contributed by atoms with Crippen LogP contribution in [0.15, 0.2) is 134 Å². The molecule has 90 heavy (non-hydrogen) atoms. The van der Waals surface area contributed by atoms with Crippen LogP contribution in [0.3, 0.4) is 0 Å². The van der Waals surface area contributed by atoms with E-state index in [-0.39, 0.29) is 5.41 Å². The first-order valence-corrected chi connectivity index (χ1v) is 32.7. The van der Waals surface area contributed by atoms with Gasteiger partial charge in [-0.3, -0.25) is 0 Å². The SMILES string of the molecule is Cc1ccc(-c2cc(C)c(CC(C)(C)C)c[n+]2C)c(C)c1.Cc1ccccc1-c1cc(CC(C)(C)C)c(CC(C)(C)C)c[n+]1C.[2H]C([2H])([2H])c1ccc(-c2cc(C)c(C([2H])([2H])C(C)(C)C)c[n+]2C)c(C)c1.[2H]C([2H])(c1cc(-c2ccccc2C)[n+](C)cc1C([2H])([2H])C(C)(C)C)C(C)(C)C. The smallest absolute Gasteiger partial charge is 0.201 e. The van der Waals surface area contributed by atoms with Crippen molar-refractivity contribution in [3.8, 4) is 45.0 Å². The van der Waals surface area contributed by atoms with Crippen LogP contribution in [-0.2, 0) is 66.6 Å². The molecule has 4 heteroatoms. The van der Waals surface area contributed by atoms with Gasteiger partial charge in [0.15, 0.2) is 24.8 Å². The molecule has 0 bridgehead atoms. The minimum Gasteiger partial charge on any atom is -0.201 e. The van der Waals surface area contributed by atoms with Crippen molar-refractivity contribution in [1.29, 1.82) is 0 Å². The molecule has 4 aromatic carbocycles. The lowest BCUT2D eigenvalue weighted by molar-refractivity contribution is -0.661. The highest BCUT2D eigenvalue weighted by Gasteiger charge is 2.27. The van der Waals surface area contributed by atoms with E-state index in [1.54, 1.807) is 18.3 Å². The predicted molar refractivity (Wildman–Crippen MR) is 389 cm³/mol. The molecule has 0 spiro atoms. The van der Waals surface area contributed by atoms with Gasteiger partial charge in [0.1, 0.15) is 28.2 Å². The van der Waals surface area contributed by atoms with Crippen molar-refractivity contribution in [2.75, 3.05) is 0 Å². The van der Waals surface area contributed by atoms with E-state index >= 15 is 0 Å². The van der Waals surface area contributed by atoms with E-state index in [0.717, 1.165) is 58.5 Å². The minimum absolute atomic E-state index is 0.287. The molecule has 0 amide bonds. The fourth-order valence-corrected chi connectivity index (χ4v) is 11.6. The maximum absolute atomic E-state index is 8.92. The molecular formula is C86H124N4+4. The van der Waals surface area contributed by atoms with E-state index in [0.29, 0.717) is 33.1 Å². The normalized spacial score (nSPS) is 14.3. The molecule has 0 unspecified atom stereocenters. The second-order valence-electron chi connectivity index (χ2n) is 32.6. The summed E-state index contributed by atoms with van der Waals surface area (Å²) in [4.78, 5) is 0. The molecule has 0 saturated heterocycles. The Bertz CT molecular complexity index is 4150. The van der Waals surface area contributed by atoms with Crippen LogP contribution in [0.2, 0.25) is 0 Å². The first-order chi connectivity index (χ1) is 44.8. The zero-order chi connectivity index (χ0) is 75.7. The Labute approximate surface area is 564 Å². The largest absolute Gasteiger partial charge is 0.212 e. The fraction of sp³-hybridized carbons (Fsp3) is 0.488. The Kier molecular flexibility index (Phi) is 20.2. The summed E-state index contributed by atoms with van der Waals surface area (Å²) >= 11 is 0. The van der Waals surface area contributed by atoms with Gasteiger partial charge in [0.25, 0.3) is 0 Å². The first-order valence-electron chi connectivity index (χ1n) is 37.2. The Morgan fingerprint density at radius 3 is 1.01 bits per heavy atom. The monoisotopic (exact) mass is 1220 g/mol. The van der Waals surface area contributed by atoms with Crippen LogP contribution in [0.5, 0.6) is 0 Å². The Hall–Kier alpha value is -6.52. The summed E-state index contributed by atoms with van der Waals surface area (Å²) < 4.78 is 83.7. The first kappa shape index (κ1) is 61.0. The minimum atomic E-state index is -2.12. The second kappa shape index (κ2) is 29.8. The number of aryl methyl sites for hydroxylation is 12.